The van der Waals surface area contributed by atoms with E-state index in [0.29, 0.717) is 27.8 Å². The number of hydrogen-bond donors (Lipinski definition) is 3. The van der Waals surface area contributed by atoms with Crippen molar-refractivity contribution in [2.75, 3.05) is 10.6 Å². The minimum absolute atomic E-state index is 0.331. The van der Waals surface area contributed by atoms with Gasteiger partial charge in [-0.25, -0.2) is 9.97 Å². The Morgan fingerprint density at radius 2 is 1.84 bits per heavy atom. The number of aromatic nitrogens is 4. The van der Waals surface area contributed by atoms with E-state index < -0.39 is 6.10 Å². The Labute approximate surface area is 223 Å². The third kappa shape index (κ3) is 5.08. The Hall–Kier alpha value is -5.03. The zero-order valence-corrected chi connectivity index (χ0v) is 21.4. The minimum atomic E-state index is -0.980. The molecule has 0 bridgehead atoms. The molecule has 0 radical (unpaired) electrons. The van der Waals surface area contributed by atoms with Gasteiger partial charge in [0, 0.05) is 47.8 Å². The van der Waals surface area contributed by atoms with E-state index in [1.54, 1.807) is 42.7 Å². The first-order valence-corrected chi connectivity index (χ1v) is 12.5. The molecule has 38 heavy (non-hydrogen) atoms. The second-order valence-electron chi connectivity index (χ2n) is 8.58. The van der Waals surface area contributed by atoms with Gasteiger partial charge in [0.2, 0.25) is 5.95 Å². The molecule has 3 heterocycles. The van der Waals surface area contributed by atoms with Crippen LogP contribution in [-0.4, -0.2) is 24.5 Å². The molecule has 5 rings (SSSR count). The maximum atomic E-state index is 11.3. The van der Waals surface area contributed by atoms with Crippen molar-refractivity contribution in [1.29, 1.82) is 10.5 Å². The van der Waals surface area contributed by atoms with Gasteiger partial charge in [-0.05, 0) is 73.0 Å². The minimum Gasteiger partial charge on any atom is -0.383 e. The highest BCUT2D eigenvalue weighted by atomic mass is 32.1. The normalized spacial score (nSPS) is 11.8. The van der Waals surface area contributed by atoms with Crippen LogP contribution in [0.3, 0.4) is 0 Å². The molecule has 0 amide bonds. The van der Waals surface area contributed by atoms with Gasteiger partial charge in [-0.1, -0.05) is 11.3 Å². The average molecular weight is 519 g/mol. The van der Waals surface area contributed by atoms with Crippen LogP contribution < -0.4 is 10.6 Å². The van der Waals surface area contributed by atoms with Crippen LogP contribution in [0.15, 0.2) is 67.3 Å². The number of anilines is 4. The molecule has 1 atom stereocenters. The van der Waals surface area contributed by atoms with Crippen molar-refractivity contribution >= 4 is 45.5 Å². The topological polar surface area (TPSA) is 135 Å². The van der Waals surface area contributed by atoms with E-state index in [0.717, 1.165) is 33.0 Å². The summed E-state index contributed by atoms with van der Waals surface area (Å²) in [4.78, 5) is 15.0. The van der Waals surface area contributed by atoms with Crippen molar-refractivity contribution in [2.45, 2.75) is 20.0 Å². The molecule has 5 aromatic rings. The summed E-state index contributed by atoms with van der Waals surface area (Å²) in [5, 5.41) is 35.9. The van der Waals surface area contributed by atoms with Crippen molar-refractivity contribution in [3.8, 4) is 12.1 Å². The standard InChI is InChI=1S/C28H22N8OS/c1-17-12-20(4-3-9-29)13-18(2)24(17)34-26-22(25(37)23-16-36-11-10-31-28(36)38-23)15-32-27(35-26)33-21-7-5-19(14-30)6-8-21/h3-8,10-13,15-16,25,37H,1-2H3,(H2,32,33,34,35)/b4-3+. The van der Waals surface area contributed by atoms with Crippen LogP contribution in [0.5, 0.6) is 0 Å². The summed E-state index contributed by atoms with van der Waals surface area (Å²) in [5.74, 6) is 0.777. The van der Waals surface area contributed by atoms with Gasteiger partial charge in [-0.2, -0.15) is 15.5 Å². The Morgan fingerprint density at radius 3 is 2.53 bits per heavy atom. The van der Waals surface area contributed by atoms with Crippen LogP contribution >= 0.6 is 11.3 Å². The van der Waals surface area contributed by atoms with Crippen LogP contribution in [-0.2, 0) is 0 Å². The molecule has 10 heteroatoms. The number of nitrogens with one attached hydrogen (secondary N) is 2. The highest BCUT2D eigenvalue weighted by Gasteiger charge is 2.21. The lowest BCUT2D eigenvalue weighted by molar-refractivity contribution is 0.223. The number of nitriles is 2. The quantitative estimate of drug-likeness (QED) is 0.231. The molecule has 0 aliphatic rings. The Kier molecular flexibility index (Phi) is 6.83. The number of aliphatic hydroxyl groups excluding tert-OH is 1. The first-order valence-electron chi connectivity index (χ1n) is 11.6. The fraction of sp³-hybridized carbons (Fsp3) is 0.107. The summed E-state index contributed by atoms with van der Waals surface area (Å²) in [6.07, 6.45) is 9.21. The van der Waals surface area contributed by atoms with E-state index in [9.17, 15) is 5.11 Å². The highest BCUT2D eigenvalue weighted by Crippen LogP contribution is 2.35. The first-order chi connectivity index (χ1) is 18.4. The molecule has 3 N–H and O–H groups in total. The number of aliphatic hydroxyl groups is 1. The molecule has 0 aliphatic heterocycles. The summed E-state index contributed by atoms with van der Waals surface area (Å²) >= 11 is 1.39. The molecule has 0 spiro atoms. The molecule has 2 aromatic carbocycles. The average Bonchev–Trinajstić information content (AvgIpc) is 3.53. The molecular weight excluding hydrogens is 496 g/mol. The maximum absolute atomic E-state index is 11.3. The largest absolute Gasteiger partial charge is 0.383 e. The van der Waals surface area contributed by atoms with E-state index >= 15 is 0 Å². The highest BCUT2D eigenvalue weighted by molar-refractivity contribution is 7.17. The number of nitrogens with zero attached hydrogens (tertiary/aromatic N) is 6. The predicted octanol–water partition coefficient (Wildman–Crippen LogP) is 5.78. The number of allylic oxidation sites excluding steroid dienone is 1. The number of benzene rings is 2. The van der Waals surface area contributed by atoms with Crippen molar-refractivity contribution in [3.63, 3.8) is 0 Å². The Balaban J connectivity index is 1.54. The third-order valence-electron chi connectivity index (χ3n) is 5.91. The SMILES string of the molecule is Cc1cc(/C=C/C#N)cc(C)c1Nc1nc(Nc2ccc(C#N)cc2)ncc1C(O)c1cn2ccnc2s1. The monoisotopic (exact) mass is 518 g/mol. The molecular formula is C28H22N8OS. The predicted molar refractivity (Wildman–Crippen MR) is 147 cm³/mol. The fourth-order valence-corrected chi connectivity index (χ4v) is 5.02. The maximum Gasteiger partial charge on any atom is 0.229 e. The van der Waals surface area contributed by atoms with Crippen LogP contribution in [0.2, 0.25) is 0 Å². The second-order valence-corrected chi connectivity index (χ2v) is 9.62. The van der Waals surface area contributed by atoms with Gasteiger partial charge in [0.1, 0.15) is 11.9 Å². The van der Waals surface area contributed by atoms with Gasteiger partial charge in [0.25, 0.3) is 0 Å². The zero-order valence-electron chi connectivity index (χ0n) is 20.5. The van der Waals surface area contributed by atoms with Crippen LogP contribution in [0.4, 0.5) is 23.1 Å². The lowest BCUT2D eigenvalue weighted by Gasteiger charge is -2.19. The molecule has 186 valence electrons. The van der Waals surface area contributed by atoms with Crippen molar-refractivity contribution in [1.82, 2.24) is 19.4 Å². The number of thiazole rings is 1. The van der Waals surface area contributed by atoms with Gasteiger partial charge in [0.05, 0.1) is 22.6 Å². The summed E-state index contributed by atoms with van der Waals surface area (Å²) < 4.78 is 1.86. The van der Waals surface area contributed by atoms with Gasteiger partial charge < -0.3 is 15.7 Å². The number of imidazole rings is 1. The lowest BCUT2D eigenvalue weighted by Crippen LogP contribution is -2.09. The van der Waals surface area contributed by atoms with Crippen LogP contribution in [0, 0.1) is 36.5 Å². The van der Waals surface area contributed by atoms with Crippen LogP contribution in [0.25, 0.3) is 11.0 Å². The van der Waals surface area contributed by atoms with Gasteiger partial charge >= 0.3 is 0 Å². The smallest absolute Gasteiger partial charge is 0.229 e. The number of aryl methyl sites for hydroxylation is 2. The first kappa shape index (κ1) is 24.7. The number of fused-ring (bicyclic) bond motifs is 1. The van der Waals surface area contributed by atoms with Gasteiger partial charge in [0.15, 0.2) is 4.96 Å². The number of hydrogen-bond acceptors (Lipinski definition) is 9. The molecule has 3 aromatic heterocycles. The molecule has 0 fully saturated rings. The van der Waals surface area contributed by atoms with Crippen molar-refractivity contribution < 1.29 is 5.11 Å². The third-order valence-corrected chi connectivity index (χ3v) is 6.97. The lowest BCUT2D eigenvalue weighted by atomic mass is 10.0. The Bertz CT molecular complexity index is 1690. The molecule has 1 unspecified atom stereocenters. The summed E-state index contributed by atoms with van der Waals surface area (Å²) in [7, 11) is 0. The molecule has 0 aliphatic carbocycles. The Morgan fingerprint density at radius 1 is 1.08 bits per heavy atom. The molecule has 9 nitrogen and oxygen atoms in total. The van der Waals surface area contributed by atoms with Crippen molar-refractivity contribution in [3.05, 3.63) is 100.0 Å². The fourth-order valence-electron chi connectivity index (χ4n) is 4.08. The van der Waals surface area contributed by atoms with E-state index in [-0.39, 0.29) is 0 Å². The van der Waals surface area contributed by atoms with E-state index in [4.69, 9.17) is 15.5 Å². The van der Waals surface area contributed by atoms with Gasteiger partial charge in [-0.15, -0.1) is 0 Å². The summed E-state index contributed by atoms with van der Waals surface area (Å²) in [6, 6.07) is 15.0. The second kappa shape index (κ2) is 10.5. The van der Waals surface area contributed by atoms with E-state index in [2.05, 4.69) is 26.7 Å². The van der Waals surface area contributed by atoms with Crippen molar-refractivity contribution in [2.24, 2.45) is 0 Å². The van der Waals surface area contributed by atoms with E-state index in [1.807, 2.05) is 48.8 Å². The summed E-state index contributed by atoms with van der Waals surface area (Å²) in [5.41, 5.74) is 5.46. The summed E-state index contributed by atoms with van der Waals surface area (Å²) in [6.45, 7) is 3.95. The molecule has 0 saturated heterocycles. The zero-order chi connectivity index (χ0) is 26.6. The number of rotatable bonds is 7. The molecule has 0 saturated carbocycles. The van der Waals surface area contributed by atoms with Gasteiger partial charge in [-0.3, -0.25) is 4.40 Å². The van der Waals surface area contributed by atoms with E-state index in [1.165, 1.54) is 17.4 Å². The van der Waals surface area contributed by atoms with Crippen LogP contribution in [0.1, 0.15) is 38.8 Å².